The van der Waals surface area contributed by atoms with Crippen molar-refractivity contribution in [3.63, 3.8) is 0 Å². The fraction of sp³-hybridized carbons (Fsp3) is 0.100. The molecule has 0 unspecified atom stereocenters. The van der Waals surface area contributed by atoms with Gasteiger partial charge in [-0.15, -0.1) is 11.7 Å². The Balaban J connectivity index is 2.65. The van der Waals surface area contributed by atoms with E-state index in [2.05, 4.69) is 21.6 Å². The Labute approximate surface area is 95.5 Å². The van der Waals surface area contributed by atoms with Gasteiger partial charge in [-0.1, -0.05) is 17.0 Å². The van der Waals surface area contributed by atoms with Crippen LogP contribution in [0.2, 0.25) is 0 Å². The molecule has 0 saturated heterocycles. The second kappa shape index (κ2) is 4.12. The molecule has 0 spiro atoms. The number of carbonyl (C=O) groups is 1. The number of hydrogen-bond donors (Lipinski definition) is 2. The second-order valence-electron chi connectivity index (χ2n) is 3.26. The van der Waals surface area contributed by atoms with Gasteiger partial charge in [0.1, 0.15) is 5.52 Å². The van der Waals surface area contributed by atoms with Gasteiger partial charge in [-0.25, -0.2) is 4.79 Å². The van der Waals surface area contributed by atoms with Gasteiger partial charge < -0.3 is 15.1 Å². The number of carboxylic acid groups (broad SMARTS) is 1. The number of allylic oxidation sites excluding steroid dienone is 1. The number of benzene rings is 1. The Morgan fingerprint density at radius 1 is 1.59 bits per heavy atom. The predicted molar refractivity (Wildman–Crippen MR) is 57.3 cm³/mol. The summed E-state index contributed by atoms with van der Waals surface area (Å²) < 4.78 is 4.67. The summed E-state index contributed by atoms with van der Waals surface area (Å²) in [4.78, 5) is 11.2. The summed E-state index contributed by atoms with van der Waals surface area (Å²) in [7, 11) is 0. The van der Waals surface area contributed by atoms with Crippen molar-refractivity contribution in [1.29, 1.82) is 0 Å². The van der Waals surface area contributed by atoms with E-state index in [4.69, 9.17) is 5.11 Å². The number of hydrogen-bond acceptors (Lipinski definition) is 5. The van der Waals surface area contributed by atoms with Crippen LogP contribution >= 0.6 is 0 Å². The third-order valence-electron chi connectivity index (χ3n) is 2.19. The average molecular weight is 235 g/mol. The van der Waals surface area contributed by atoms with Crippen LogP contribution in [0.4, 0.5) is 4.79 Å². The zero-order valence-corrected chi connectivity index (χ0v) is 8.70. The number of rotatable bonds is 3. The van der Waals surface area contributed by atoms with Gasteiger partial charge in [0, 0.05) is 5.56 Å². The molecule has 0 aliphatic heterocycles. The minimum absolute atomic E-state index is 0.0650. The Hall–Kier alpha value is -2.57. The Bertz CT molecular complexity index is 590. The van der Waals surface area contributed by atoms with E-state index in [0.29, 0.717) is 16.8 Å². The molecule has 0 saturated carbocycles. The number of nitrogens with zero attached hydrogens (tertiary/aromatic N) is 3. The molecule has 7 heteroatoms. The van der Waals surface area contributed by atoms with Crippen LogP contribution in [0.25, 0.3) is 11.0 Å². The molecule has 0 aliphatic carbocycles. The van der Waals surface area contributed by atoms with E-state index in [1.54, 1.807) is 18.2 Å². The van der Waals surface area contributed by atoms with Crippen LogP contribution in [0.15, 0.2) is 24.8 Å². The average Bonchev–Trinajstić information content (AvgIpc) is 2.64. The SMILES string of the molecule is C=CCc1ccc2c(nnn2O)c1OC(=O)O. The number of aromatic nitrogens is 3. The molecule has 0 aliphatic rings. The molecule has 1 aromatic carbocycles. The fourth-order valence-corrected chi connectivity index (χ4v) is 1.51. The highest BCUT2D eigenvalue weighted by atomic mass is 16.7. The molecule has 2 aromatic rings. The summed E-state index contributed by atoms with van der Waals surface area (Å²) in [5.74, 6) is 0.0650. The first-order valence-corrected chi connectivity index (χ1v) is 4.71. The van der Waals surface area contributed by atoms with Crippen LogP contribution in [-0.2, 0) is 6.42 Å². The zero-order chi connectivity index (χ0) is 12.4. The van der Waals surface area contributed by atoms with E-state index in [1.807, 2.05) is 0 Å². The van der Waals surface area contributed by atoms with E-state index < -0.39 is 6.16 Å². The van der Waals surface area contributed by atoms with Crippen molar-refractivity contribution in [2.45, 2.75) is 6.42 Å². The first kappa shape index (κ1) is 10.9. The van der Waals surface area contributed by atoms with Crippen LogP contribution in [0, 0.1) is 0 Å². The monoisotopic (exact) mass is 235 g/mol. The highest BCUT2D eigenvalue weighted by Gasteiger charge is 2.16. The lowest BCUT2D eigenvalue weighted by Crippen LogP contribution is -2.06. The lowest BCUT2D eigenvalue weighted by Gasteiger charge is -2.06. The molecule has 0 radical (unpaired) electrons. The van der Waals surface area contributed by atoms with Gasteiger partial charge in [-0.05, 0) is 17.7 Å². The molecule has 1 aromatic heterocycles. The smallest absolute Gasteiger partial charge is 0.449 e. The quantitative estimate of drug-likeness (QED) is 0.361. The van der Waals surface area contributed by atoms with E-state index in [0.717, 1.165) is 0 Å². The summed E-state index contributed by atoms with van der Waals surface area (Å²) in [6.07, 6.45) is 0.589. The molecule has 7 nitrogen and oxygen atoms in total. The first-order valence-electron chi connectivity index (χ1n) is 4.71. The zero-order valence-electron chi connectivity index (χ0n) is 8.70. The maximum absolute atomic E-state index is 10.6. The van der Waals surface area contributed by atoms with Gasteiger partial charge in [0.2, 0.25) is 0 Å². The first-order chi connectivity index (χ1) is 8.13. The van der Waals surface area contributed by atoms with Crippen LogP contribution < -0.4 is 4.74 Å². The van der Waals surface area contributed by atoms with Crippen LogP contribution in [0.5, 0.6) is 5.75 Å². The summed E-state index contributed by atoms with van der Waals surface area (Å²) in [5.41, 5.74) is 1.07. The molecular weight excluding hydrogens is 226 g/mol. The van der Waals surface area contributed by atoms with Gasteiger partial charge in [0.25, 0.3) is 0 Å². The lowest BCUT2D eigenvalue weighted by atomic mass is 10.1. The Morgan fingerprint density at radius 2 is 2.35 bits per heavy atom. The van der Waals surface area contributed by atoms with Gasteiger partial charge >= 0.3 is 6.16 Å². The summed E-state index contributed by atoms with van der Waals surface area (Å²) in [5, 5.41) is 25.0. The van der Waals surface area contributed by atoms with E-state index in [1.165, 1.54) is 0 Å². The third-order valence-corrected chi connectivity index (χ3v) is 2.19. The molecule has 2 N–H and O–H groups in total. The fourth-order valence-electron chi connectivity index (χ4n) is 1.51. The standard InChI is InChI=1S/C10H9N3O4/c1-2-3-6-4-5-7-8(11-12-13(7)16)9(6)17-10(14)15/h2,4-5,16H,1,3H2,(H,14,15). The van der Waals surface area contributed by atoms with Gasteiger partial charge in [-0.2, -0.15) is 0 Å². The minimum Gasteiger partial charge on any atom is -0.449 e. The van der Waals surface area contributed by atoms with Crippen LogP contribution in [0.1, 0.15) is 5.56 Å². The van der Waals surface area contributed by atoms with Crippen LogP contribution in [0.3, 0.4) is 0 Å². The highest BCUT2D eigenvalue weighted by molar-refractivity contribution is 5.84. The van der Waals surface area contributed by atoms with Crippen molar-refractivity contribution >= 4 is 17.2 Å². The number of ether oxygens (including phenoxy) is 1. The van der Waals surface area contributed by atoms with Crippen molar-refractivity contribution in [2.24, 2.45) is 0 Å². The van der Waals surface area contributed by atoms with E-state index >= 15 is 0 Å². The van der Waals surface area contributed by atoms with Gasteiger partial charge in [-0.3, -0.25) is 0 Å². The van der Waals surface area contributed by atoms with Crippen molar-refractivity contribution in [1.82, 2.24) is 15.2 Å². The Morgan fingerprint density at radius 3 is 3.00 bits per heavy atom. The third kappa shape index (κ3) is 1.89. The van der Waals surface area contributed by atoms with Crippen molar-refractivity contribution in [3.05, 3.63) is 30.4 Å². The molecule has 17 heavy (non-hydrogen) atoms. The second-order valence-corrected chi connectivity index (χ2v) is 3.26. The van der Waals surface area contributed by atoms with Crippen molar-refractivity contribution in [3.8, 4) is 5.75 Å². The van der Waals surface area contributed by atoms with Gasteiger partial charge in [0.15, 0.2) is 11.3 Å². The normalized spacial score (nSPS) is 10.4. The van der Waals surface area contributed by atoms with Crippen molar-refractivity contribution in [2.75, 3.05) is 0 Å². The minimum atomic E-state index is -1.45. The lowest BCUT2D eigenvalue weighted by molar-refractivity contribution is 0.144. The summed E-state index contributed by atoms with van der Waals surface area (Å²) >= 11 is 0. The number of fused-ring (bicyclic) bond motifs is 1. The molecule has 88 valence electrons. The Kier molecular flexibility index (Phi) is 2.65. The maximum atomic E-state index is 10.6. The van der Waals surface area contributed by atoms with E-state index in [-0.39, 0.29) is 16.8 Å². The molecular formula is C10H9N3O4. The molecule has 0 amide bonds. The van der Waals surface area contributed by atoms with Crippen LogP contribution in [-0.4, -0.2) is 31.6 Å². The van der Waals surface area contributed by atoms with Crippen molar-refractivity contribution < 1.29 is 19.8 Å². The molecule has 0 fully saturated rings. The molecule has 2 rings (SSSR count). The van der Waals surface area contributed by atoms with Gasteiger partial charge in [0.05, 0.1) is 0 Å². The highest BCUT2D eigenvalue weighted by Crippen LogP contribution is 2.28. The summed E-state index contributed by atoms with van der Waals surface area (Å²) in [6, 6.07) is 3.20. The predicted octanol–water partition coefficient (Wildman–Crippen LogP) is 1.45. The molecule has 0 atom stereocenters. The van der Waals surface area contributed by atoms with E-state index in [9.17, 15) is 10.0 Å². The summed E-state index contributed by atoms with van der Waals surface area (Å²) in [6.45, 7) is 3.57. The topological polar surface area (TPSA) is 97.5 Å². The largest absolute Gasteiger partial charge is 0.511 e. The molecule has 1 heterocycles. The molecule has 0 bridgehead atoms. The maximum Gasteiger partial charge on any atom is 0.511 e.